The Bertz CT molecular complexity index is 466. The lowest BCUT2D eigenvalue weighted by atomic mass is 9.97. The Morgan fingerprint density at radius 2 is 1.22 bits per heavy atom. The summed E-state index contributed by atoms with van der Waals surface area (Å²) in [6.45, 7) is 3.91. The van der Waals surface area contributed by atoms with Crippen LogP contribution in [0.2, 0.25) is 0 Å². The number of ether oxygens (including phenoxy) is 4. The molecular weight excluding hydrogens is 368 g/mol. The quantitative estimate of drug-likeness (QED) is 0.243. The largest absolute Gasteiger partial charge is 0.394 e. The molecule has 0 amide bonds. The number of hydrogen-bond donors (Lipinski definition) is 7. The average molecular weight is 398 g/mol. The molecule has 7 N–H and O–H groups in total. The van der Waals surface area contributed by atoms with Gasteiger partial charge in [0, 0.05) is 0 Å². The van der Waals surface area contributed by atoms with Crippen LogP contribution in [0.4, 0.5) is 0 Å². The Hall–Kier alpha value is -0.440. The summed E-state index contributed by atoms with van der Waals surface area (Å²) in [6, 6.07) is 0. The predicted octanol–water partition coefficient (Wildman–Crippen LogP) is -3.57. The number of aliphatic hydroxyl groups excluding tert-OH is 7. The fourth-order valence-corrected chi connectivity index (χ4v) is 3.00. The highest BCUT2D eigenvalue weighted by atomic mass is 16.7. The van der Waals surface area contributed by atoms with E-state index in [9.17, 15) is 35.7 Å². The minimum absolute atomic E-state index is 0.601. The van der Waals surface area contributed by atoms with Crippen molar-refractivity contribution < 1.29 is 54.7 Å². The van der Waals surface area contributed by atoms with E-state index in [4.69, 9.17) is 18.9 Å². The van der Waals surface area contributed by atoms with Gasteiger partial charge in [-0.15, -0.1) is 0 Å². The van der Waals surface area contributed by atoms with Crippen LogP contribution in [-0.2, 0) is 18.9 Å². The third-order valence-corrected chi connectivity index (χ3v) is 4.43. The maximum atomic E-state index is 10.4. The van der Waals surface area contributed by atoms with Gasteiger partial charge in [0.05, 0.1) is 18.8 Å². The zero-order valence-electron chi connectivity index (χ0n) is 15.5. The second kappa shape index (κ2) is 8.93. The molecule has 11 nitrogen and oxygen atoms in total. The summed E-state index contributed by atoms with van der Waals surface area (Å²) in [7, 11) is 0. The van der Waals surface area contributed by atoms with E-state index >= 15 is 0 Å². The van der Waals surface area contributed by atoms with Crippen LogP contribution < -0.4 is 0 Å². The van der Waals surface area contributed by atoms with E-state index in [2.05, 4.69) is 0 Å². The number of aliphatic hydroxyl groups is 7. The van der Waals surface area contributed by atoms with Crippen LogP contribution in [0, 0.1) is 0 Å². The zero-order chi connectivity index (χ0) is 20.5. The lowest BCUT2D eigenvalue weighted by Gasteiger charge is -2.46. The van der Waals surface area contributed by atoms with Gasteiger partial charge in [-0.2, -0.15) is 0 Å². The third kappa shape index (κ3) is 5.14. The second-order valence-corrected chi connectivity index (χ2v) is 7.73. The van der Waals surface area contributed by atoms with Crippen LogP contribution in [0.25, 0.3) is 0 Å². The van der Waals surface area contributed by atoms with Crippen molar-refractivity contribution in [1.82, 2.24) is 0 Å². The fraction of sp³-hybridized carbons (Fsp3) is 1.00. The van der Waals surface area contributed by atoms with Crippen molar-refractivity contribution in [3.63, 3.8) is 0 Å². The molecule has 2 fully saturated rings. The molecule has 0 spiro atoms. The van der Waals surface area contributed by atoms with Crippen LogP contribution in [0.15, 0.2) is 0 Å². The number of hydrogen-bond acceptors (Lipinski definition) is 11. The van der Waals surface area contributed by atoms with Crippen LogP contribution in [0.3, 0.4) is 0 Å². The van der Waals surface area contributed by atoms with Gasteiger partial charge >= 0.3 is 0 Å². The molecule has 0 saturated carbocycles. The second-order valence-electron chi connectivity index (χ2n) is 7.73. The molecule has 2 saturated heterocycles. The van der Waals surface area contributed by atoms with E-state index in [1.807, 2.05) is 0 Å². The fourth-order valence-electron chi connectivity index (χ4n) is 3.00. The highest BCUT2D eigenvalue weighted by Gasteiger charge is 2.51. The summed E-state index contributed by atoms with van der Waals surface area (Å²) >= 11 is 0. The van der Waals surface area contributed by atoms with Gasteiger partial charge in [0.25, 0.3) is 0 Å². The summed E-state index contributed by atoms with van der Waals surface area (Å²) in [5.41, 5.74) is -0.698. The molecule has 160 valence electrons. The summed E-state index contributed by atoms with van der Waals surface area (Å²) in [4.78, 5) is 0. The normalized spacial score (nSPS) is 46.4. The Kier molecular flexibility index (Phi) is 7.55. The SMILES string of the molecule is CC(C)(C)O[C@@H]1OC(CO)[C@@H](O[C@H]2OC(CO)[C@@H](O)[C@H](O)C2O)[C@H](O)C1O. The molecule has 0 aliphatic carbocycles. The van der Waals surface area contributed by atoms with Gasteiger partial charge in [0.15, 0.2) is 12.6 Å². The Balaban J connectivity index is 2.12. The summed E-state index contributed by atoms with van der Waals surface area (Å²) in [5.74, 6) is 0. The highest BCUT2D eigenvalue weighted by Crippen LogP contribution is 2.30. The van der Waals surface area contributed by atoms with E-state index in [-0.39, 0.29) is 0 Å². The maximum absolute atomic E-state index is 10.4. The van der Waals surface area contributed by atoms with Crippen molar-refractivity contribution in [3.8, 4) is 0 Å². The first kappa shape index (κ1) is 22.8. The van der Waals surface area contributed by atoms with Gasteiger partial charge in [-0.3, -0.25) is 0 Å². The van der Waals surface area contributed by atoms with Crippen molar-refractivity contribution in [2.24, 2.45) is 0 Å². The van der Waals surface area contributed by atoms with Gasteiger partial charge < -0.3 is 54.7 Å². The minimum atomic E-state index is -1.70. The monoisotopic (exact) mass is 398 g/mol. The molecule has 0 aromatic heterocycles. The van der Waals surface area contributed by atoms with Gasteiger partial charge in [0.1, 0.15) is 48.8 Å². The van der Waals surface area contributed by atoms with Crippen molar-refractivity contribution in [1.29, 1.82) is 0 Å². The van der Waals surface area contributed by atoms with E-state index in [1.165, 1.54) is 0 Å². The molecule has 27 heavy (non-hydrogen) atoms. The van der Waals surface area contributed by atoms with Crippen LogP contribution in [-0.4, -0.2) is 116 Å². The summed E-state index contributed by atoms with van der Waals surface area (Å²) in [6.07, 6.45) is -14.5. The first-order valence-electron chi connectivity index (χ1n) is 8.76. The van der Waals surface area contributed by atoms with E-state index < -0.39 is 80.2 Å². The van der Waals surface area contributed by atoms with E-state index in [0.717, 1.165) is 0 Å². The molecule has 0 radical (unpaired) electrons. The minimum Gasteiger partial charge on any atom is -0.394 e. The smallest absolute Gasteiger partial charge is 0.187 e. The average Bonchev–Trinajstić information content (AvgIpc) is 2.60. The maximum Gasteiger partial charge on any atom is 0.187 e. The molecule has 0 bridgehead atoms. The van der Waals surface area contributed by atoms with Crippen molar-refractivity contribution in [2.45, 2.75) is 87.8 Å². The highest BCUT2D eigenvalue weighted by molar-refractivity contribution is 4.94. The molecule has 2 rings (SSSR count). The molecule has 2 aliphatic heterocycles. The van der Waals surface area contributed by atoms with Gasteiger partial charge in [0.2, 0.25) is 0 Å². The molecule has 0 aromatic rings. The van der Waals surface area contributed by atoms with Crippen molar-refractivity contribution >= 4 is 0 Å². The zero-order valence-corrected chi connectivity index (χ0v) is 15.5. The van der Waals surface area contributed by atoms with E-state index in [0.29, 0.717) is 0 Å². The van der Waals surface area contributed by atoms with Gasteiger partial charge in [-0.1, -0.05) is 0 Å². The van der Waals surface area contributed by atoms with Crippen molar-refractivity contribution in [3.05, 3.63) is 0 Å². The molecule has 0 aromatic carbocycles. The Labute approximate surface area is 156 Å². The molecule has 2 heterocycles. The van der Waals surface area contributed by atoms with E-state index in [1.54, 1.807) is 20.8 Å². The summed E-state index contributed by atoms with van der Waals surface area (Å²) in [5, 5.41) is 69.2. The molecule has 10 atom stereocenters. The first-order valence-corrected chi connectivity index (χ1v) is 8.76. The standard InChI is InChI=1S/C16H30O11/c1-16(2,3)27-15-12(23)10(21)13(7(5-18)25-15)26-14-11(22)9(20)8(19)6(4-17)24-14/h6-15,17-23H,4-5H2,1-3H3/t6?,7?,8-,9+,10-,11?,12?,13-,14-,15+/m1/s1. The summed E-state index contributed by atoms with van der Waals surface area (Å²) < 4.78 is 21.7. The molecule has 11 heteroatoms. The topological polar surface area (TPSA) is 179 Å². The first-order chi connectivity index (χ1) is 12.5. The lowest BCUT2D eigenvalue weighted by Crippen LogP contribution is -2.65. The lowest BCUT2D eigenvalue weighted by molar-refractivity contribution is -0.366. The van der Waals surface area contributed by atoms with Crippen LogP contribution in [0.1, 0.15) is 20.8 Å². The molecule has 2 aliphatic rings. The predicted molar refractivity (Wildman–Crippen MR) is 87.2 cm³/mol. The van der Waals surface area contributed by atoms with Crippen LogP contribution in [0.5, 0.6) is 0 Å². The molecular formula is C16H30O11. The van der Waals surface area contributed by atoms with Crippen LogP contribution >= 0.6 is 0 Å². The molecule has 4 unspecified atom stereocenters. The number of rotatable bonds is 5. The van der Waals surface area contributed by atoms with Gasteiger partial charge in [-0.05, 0) is 20.8 Å². The third-order valence-electron chi connectivity index (χ3n) is 4.43. The Morgan fingerprint density at radius 1 is 0.704 bits per heavy atom. The van der Waals surface area contributed by atoms with Crippen molar-refractivity contribution in [2.75, 3.05) is 13.2 Å². The Morgan fingerprint density at radius 3 is 1.74 bits per heavy atom. The van der Waals surface area contributed by atoms with Gasteiger partial charge in [-0.25, -0.2) is 0 Å².